The van der Waals surface area contributed by atoms with Gasteiger partial charge in [-0.15, -0.1) is 11.3 Å². The Morgan fingerprint density at radius 2 is 1.84 bits per heavy atom. The summed E-state index contributed by atoms with van der Waals surface area (Å²) in [6.45, 7) is 2.01. The van der Waals surface area contributed by atoms with Crippen molar-refractivity contribution in [3.05, 3.63) is 57.3 Å². The van der Waals surface area contributed by atoms with Crippen LogP contribution in [0.25, 0.3) is 6.08 Å². The number of rotatable bonds is 4. The molecule has 4 amide bonds. The molecule has 1 N–H and O–H groups in total. The summed E-state index contributed by atoms with van der Waals surface area (Å²) in [5.41, 5.74) is 0.708. The lowest BCUT2D eigenvalue weighted by Crippen LogP contribution is -2.53. The standard InChI is InChI=1S/C18H16N2O4S/c1-11-3-8-14(25-11)9-15-16(21)19-18(23)20(17(15)22)10-12-4-6-13(24-2)7-5-12/h3-9H,10H2,1-2H3,(H,19,21,23). The summed E-state index contributed by atoms with van der Waals surface area (Å²) in [7, 11) is 1.56. The van der Waals surface area contributed by atoms with E-state index in [0.717, 1.165) is 20.2 Å². The van der Waals surface area contributed by atoms with Crippen LogP contribution in [0.3, 0.4) is 0 Å². The molecular formula is C18H16N2O4S. The number of carbonyl (C=O) groups excluding carboxylic acids is 3. The molecular weight excluding hydrogens is 340 g/mol. The van der Waals surface area contributed by atoms with E-state index in [2.05, 4.69) is 5.32 Å². The number of hydrogen-bond acceptors (Lipinski definition) is 5. The molecule has 1 saturated heterocycles. The highest BCUT2D eigenvalue weighted by atomic mass is 32.1. The van der Waals surface area contributed by atoms with Crippen LogP contribution < -0.4 is 10.1 Å². The van der Waals surface area contributed by atoms with Crippen LogP contribution in [0.5, 0.6) is 5.75 Å². The highest BCUT2D eigenvalue weighted by Crippen LogP contribution is 2.22. The second-order valence-electron chi connectivity index (χ2n) is 5.51. The van der Waals surface area contributed by atoms with Gasteiger partial charge in [-0.1, -0.05) is 12.1 Å². The van der Waals surface area contributed by atoms with E-state index in [9.17, 15) is 14.4 Å². The number of methoxy groups -OCH3 is 1. The number of aryl methyl sites for hydroxylation is 1. The third-order valence-corrected chi connectivity index (χ3v) is 4.68. The molecule has 2 heterocycles. The van der Waals surface area contributed by atoms with Gasteiger partial charge in [0.05, 0.1) is 13.7 Å². The summed E-state index contributed by atoms with van der Waals surface area (Å²) in [4.78, 5) is 39.6. The van der Waals surface area contributed by atoms with Crippen molar-refractivity contribution >= 4 is 35.3 Å². The number of amides is 4. The summed E-state index contributed by atoms with van der Waals surface area (Å²) in [5.74, 6) is -0.593. The van der Waals surface area contributed by atoms with Crippen molar-refractivity contribution < 1.29 is 19.1 Å². The molecule has 1 aromatic heterocycles. The van der Waals surface area contributed by atoms with Crippen LogP contribution in [0.2, 0.25) is 0 Å². The highest BCUT2D eigenvalue weighted by molar-refractivity contribution is 7.12. The largest absolute Gasteiger partial charge is 0.497 e. The Hall–Kier alpha value is -2.93. The van der Waals surface area contributed by atoms with Crippen LogP contribution in [0.1, 0.15) is 15.3 Å². The maximum atomic E-state index is 12.6. The van der Waals surface area contributed by atoms with Crippen LogP contribution in [0.15, 0.2) is 42.0 Å². The third-order valence-electron chi connectivity index (χ3n) is 3.73. The van der Waals surface area contributed by atoms with Gasteiger partial charge in [0.2, 0.25) is 0 Å². The fraction of sp³-hybridized carbons (Fsp3) is 0.167. The summed E-state index contributed by atoms with van der Waals surface area (Å²) < 4.78 is 5.09. The second kappa shape index (κ2) is 6.90. The zero-order chi connectivity index (χ0) is 18.0. The van der Waals surface area contributed by atoms with Gasteiger partial charge in [-0.05, 0) is 42.8 Å². The van der Waals surface area contributed by atoms with E-state index in [0.29, 0.717) is 5.75 Å². The van der Waals surface area contributed by atoms with Crippen LogP contribution in [-0.2, 0) is 16.1 Å². The van der Waals surface area contributed by atoms with Gasteiger partial charge in [-0.25, -0.2) is 4.79 Å². The first kappa shape index (κ1) is 16.9. The SMILES string of the molecule is COc1ccc(CN2C(=O)NC(=O)C(=Cc3ccc(C)s3)C2=O)cc1. The van der Waals surface area contributed by atoms with Crippen molar-refractivity contribution in [3.63, 3.8) is 0 Å². The van der Waals surface area contributed by atoms with Crippen molar-refractivity contribution in [1.82, 2.24) is 10.2 Å². The molecule has 0 aliphatic carbocycles. The molecule has 0 spiro atoms. The predicted molar refractivity (Wildman–Crippen MR) is 94.1 cm³/mol. The van der Waals surface area contributed by atoms with Crippen LogP contribution in [-0.4, -0.2) is 29.9 Å². The Bertz CT molecular complexity index is 867. The average Bonchev–Trinajstić information content (AvgIpc) is 3.01. The number of urea groups is 1. The topological polar surface area (TPSA) is 75.7 Å². The lowest BCUT2D eigenvalue weighted by Gasteiger charge is -2.26. The number of thiophene rings is 1. The molecule has 0 unspecified atom stereocenters. The van der Waals surface area contributed by atoms with Gasteiger partial charge < -0.3 is 4.74 Å². The monoisotopic (exact) mass is 356 g/mol. The Balaban J connectivity index is 1.85. The fourth-order valence-corrected chi connectivity index (χ4v) is 3.25. The average molecular weight is 356 g/mol. The van der Waals surface area contributed by atoms with E-state index >= 15 is 0 Å². The normalized spacial score (nSPS) is 16.3. The van der Waals surface area contributed by atoms with Gasteiger partial charge in [-0.2, -0.15) is 0 Å². The number of barbiturate groups is 1. The molecule has 1 aliphatic rings. The van der Waals surface area contributed by atoms with E-state index in [-0.39, 0.29) is 12.1 Å². The summed E-state index contributed by atoms with van der Waals surface area (Å²) in [5, 5.41) is 2.22. The van der Waals surface area contributed by atoms with Crippen molar-refractivity contribution in [2.75, 3.05) is 7.11 Å². The molecule has 0 atom stereocenters. The minimum atomic E-state index is -0.717. The van der Waals surface area contributed by atoms with Gasteiger partial charge in [0.15, 0.2) is 0 Å². The van der Waals surface area contributed by atoms with Gasteiger partial charge in [-0.3, -0.25) is 19.8 Å². The Kier molecular flexibility index (Phi) is 4.67. The second-order valence-corrected chi connectivity index (χ2v) is 6.82. The smallest absolute Gasteiger partial charge is 0.331 e. The quantitative estimate of drug-likeness (QED) is 0.675. The zero-order valence-corrected chi connectivity index (χ0v) is 14.6. The fourth-order valence-electron chi connectivity index (χ4n) is 2.42. The first-order valence-electron chi connectivity index (χ1n) is 7.56. The molecule has 1 aromatic carbocycles. The van der Waals surface area contributed by atoms with Gasteiger partial charge in [0.1, 0.15) is 11.3 Å². The Morgan fingerprint density at radius 3 is 2.44 bits per heavy atom. The van der Waals surface area contributed by atoms with Crippen molar-refractivity contribution in [1.29, 1.82) is 0 Å². The highest BCUT2D eigenvalue weighted by Gasteiger charge is 2.35. The van der Waals surface area contributed by atoms with Crippen LogP contribution >= 0.6 is 11.3 Å². The van der Waals surface area contributed by atoms with E-state index in [4.69, 9.17) is 4.74 Å². The number of benzene rings is 1. The van der Waals surface area contributed by atoms with Crippen molar-refractivity contribution in [2.24, 2.45) is 0 Å². The summed E-state index contributed by atoms with van der Waals surface area (Å²) in [6.07, 6.45) is 1.52. The molecule has 25 heavy (non-hydrogen) atoms. The summed E-state index contributed by atoms with van der Waals surface area (Å²) >= 11 is 1.47. The molecule has 6 nitrogen and oxygen atoms in total. The number of hydrogen-bond donors (Lipinski definition) is 1. The number of carbonyl (C=O) groups is 3. The van der Waals surface area contributed by atoms with Crippen molar-refractivity contribution in [3.8, 4) is 5.75 Å². The first-order chi connectivity index (χ1) is 12.0. The Morgan fingerprint density at radius 1 is 1.12 bits per heavy atom. The van der Waals surface area contributed by atoms with Gasteiger partial charge in [0, 0.05) is 9.75 Å². The first-order valence-corrected chi connectivity index (χ1v) is 8.38. The van der Waals surface area contributed by atoms with Crippen LogP contribution in [0.4, 0.5) is 4.79 Å². The van der Waals surface area contributed by atoms with E-state index in [1.54, 1.807) is 31.4 Å². The number of ether oxygens (including phenoxy) is 1. The molecule has 0 radical (unpaired) electrons. The maximum absolute atomic E-state index is 12.6. The van der Waals surface area contributed by atoms with E-state index in [1.807, 2.05) is 19.1 Å². The van der Waals surface area contributed by atoms with Gasteiger partial charge >= 0.3 is 6.03 Å². The molecule has 0 bridgehead atoms. The number of nitrogens with zero attached hydrogens (tertiary/aromatic N) is 1. The lowest BCUT2D eigenvalue weighted by atomic mass is 10.1. The van der Waals surface area contributed by atoms with Gasteiger partial charge in [0.25, 0.3) is 11.8 Å². The van der Waals surface area contributed by atoms with Crippen LogP contribution in [0, 0.1) is 6.92 Å². The molecule has 7 heteroatoms. The molecule has 1 fully saturated rings. The number of nitrogens with one attached hydrogen (secondary N) is 1. The minimum absolute atomic E-state index is 0.0463. The maximum Gasteiger partial charge on any atom is 0.331 e. The molecule has 128 valence electrons. The summed E-state index contributed by atoms with van der Waals surface area (Å²) in [6, 6.07) is 10.0. The molecule has 3 rings (SSSR count). The molecule has 2 aromatic rings. The zero-order valence-electron chi connectivity index (χ0n) is 13.7. The van der Waals surface area contributed by atoms with E-state index in [1.165, 1.54) is 17.4 Å². The van der Waals surface area contributed by atoms with E-state index < -0.39 is 17.8 Å². The Labute approximate surface area is 148 Å². The predicted octanol–water partition coefficient (Wildman–Crippen LogP) is 2.73. The van der Waals surface area contributed by atoms with Crippen molar-refractivity contribution in [2.45, 2.75) is 13.5 Å². The lowest BCUT2D eigenvalue weighted by molar-refractivity contribution is -0.130. The number of imide groups is 2. The minimum Gasteiger partial charge on any atom is -0.497 e. The third kappa shape index (κ3) is 3.61. The molecule has 1 aliphatic heterocycles. The molecule has 0 saturated carbocycles.